The smallest absolute Gasteiger partial charge is 0.310 e. The van der Waals surface area contributed by atoms with Gasteiger partial charge in [-0.05, 0) is 30.4 Å². The number of carbonyl (C=O) groups excluding carboxylic acids is 1. The first-order chi connectivity index (χ1) is 12.6. The molecule has 0 bridgehead atoms. The number of anilines is 1. The van der Waals surface area contributed by atoms with Crippen LogP contribution in [0.5, 0.6) is 0 Å². The van der Waals surface area contributed by atoms with E-state index in [9.17, 15) is 4.79 Å². The van der Waals surface area contributed by atoms with Crippen LogP contribution in [0.15, 0.2) is 23.3 Å². The van der Waals surface area contributed by atoms with Crippen LogP contribution in [0, 0.1) is 11.8 Å². The van der Waals surface area contributed by atoms with Gasteiger partial charge in [0.1, 0.15) is 5.82 Å². The van der Waals surface area contributed by atoms with E-state index < -0.39 is 0 Å². The number of rotatable bonds is 4. The summed E-state index contributed by atoms with van der Waals surface area (Å²) in [6, 6.07) is 4.21. The number of pyridine rings is 1. The van der Waals surface area contributed by atoms with Crippen LogP contribution in [-0.4, -0.2) is 62.1 Å². The highest BCUT2D eigenvalue weighted by Gasteiger charge is 2.36. The Morgan fingerprint density at radius 1 is 1.35 bits per heavy atom. The zero-order chi connectivity index (χ0) is 18.5. The number of ether oxygens (including phenoxy) is 1. The van der Waals surface area contributed by atoms with Crippen molar-refractivity contribution in [2.24, 2.45) is 16.8 Å². The topological polar surface area (TPSA) is 70.1 Å². The molecule has 0 saturated carbocycles. The van der Waals surface area contributed by atoms with Gasteiger partial charge in [-0.3, -0.25) is 9.79 Å². The highest BCUT2D eigenvalue weighted by Crippen LogP contribution is 2.24. The third-order valence-electron chi connectivity index (χ3n) is 5.32. The molecule has 1 aromatic rings. The number of nitrogens with one attached hydrogen (secondary N) is 1. The maximum Gasteiger partial charge on any atom is 0.310 e. The summed E-state index contributed by atoms with van der Waals surface area (Å²) >= 11 is 0. The van der Waals surface area contributed by atoms with Crippen molar-refractivity contribution in [1.29, 1.82) is 0 Å². The average Bonchev–Trinajstić information content (AvgIpc) is 3.32. The van der Waals surface area contributed by atoms with E-state index in [-0.39, 0.29) is 17.8 Å². The molecule has 0 radical (unpaired) electrons. The molecule has 0 amide bonds. The second-order valence-corrected chi connectivity index (χ2v) is 7.13. The first-order valence-corrected chi connectivity index (χ1v) is 9.35. The van der Waals surface area contributed by atoms with Gasteiger partial charge >= 0.3 is 5.97 Å². The van der Waals surface area contributed by atoms with Crippen molar-refractivity contribution in [3.8, 4) is 0 Å². The molecule has 3 rings (SSSR count). The Morgan fingerprint density at radius 3 is 2.73 bits per heavy atom. The minimum atomic E-state index is -0.142. The number of methoxy groups -OCH3 is 1. The number of esters is 1. The summed E-state index contributed by atoms with van der Waals surface area (Å²) in [4.78, 5) is 25.3. The van der Waals surface area contributed by atoms with Crippen LogP contribution in [0.3, 0.4) is 0 Å². The van der Waals surface area contributed by atoms with Crippen molar-refractivity contribution in [3.05, 3.63) is 23.9 Å². The molecule has 7 nitrogen and oxygen atoms in total. The summed E-state index contributed by atoms with van der Waals surface area (Å²) in [6.07, 6.45) is 4.43. The van der Waals surface area contributed by atoms with E-state index in [1.807, 2.05) is 6.20 Å². The number of hydrogen-bond acceptors (Lipinski definition) is 5. The van der Waals surface area contributed by atoms with E-state index in [4.69, 9.17) is 4.74 Å². The van der Waals surface area contributed by atoms with E-state index in [2.05, 4.69) is 44.1 Å². The second-order valence-electron chi connectivity index (χ2n) is 7.13. The number of hydrogen-bond donors (Lipinski definition) is 1. The first-order valence-electron chi connectivity index (χ1n) is 9.35. The molecular weight excluding hydrogens is 330 g/mol. The summed E-state index contributed by atoms with van der Waals surface area (Å²) in [6.45, 7) is 6.38. The summed E-state index contributed by atoms with van der Waals surface area (Å²) in [5, 5.41) is 3.38. The van der Waals surface area contributed by atoms with Crippen LogP contribution in [0.1, 0.15) is 25.3 Å². The van der Waals surface area contributed by atoms with Crippen LogP contribution in [-0.2, 0) is 16.1 Å². The lowest BCUT2D eigenvalue weighted by Gasteiger charge is -2.22. The number of carbonyl (C=O) groups is 1. The fraction of sp³-hybridized carbons (Fsp3) is 0.632. The van der Waals surface area contributed by atoms with Crippen LogP contribution in [0.4, 0.5) is 5.82 Å². The van der Waals surface area contributed by atoms with E-state index >= 15 is 0 Å². The SMILES string of the molecule is CN=C(NCc1ccc(N2CCCC2)nc1)N1CC(C)C(C(=O)OC)C1. The molecule has 2 aliphatic rings. The van der Waals surface area contributed by atoms with Crippen LogP contribution in [0.25, 0.3) is 0 Å². The monoisotopic (exact) mass is 359 g/mol. The number of likely N-dealkylation sites (tertiary alicyclic amines) is 1. The first kappa shape index (κ1) is 18.5. The summed E-state index contributed by atoms with van der Waals surface area (Å²) in [5.41, 5.74) is 1.12. The number of guanidine groups is 1. The van der Waals surface area contributed by atoms with Crippen molar-refractivity contribution in [3.63, 3.8) is 0 Å². The van der Waals surface area contributed by atoms with Gasteiger partial charge in [0.2, 0.25) is 0 Å². The normalized spacial score (nSPS) is 23.4. The van der Waals surface area contributed by atoms with Gasteiger partial charge < -0.3 is 19.9 Å². The van der Waals surface area contributed by atoms with Gasteiger partial charge in [0.05, 0.1) is 13.0 Å². The Bertz CT molecular complexity index is 640. The minimum Gasteiger partial charge on any atom is -0.469 e. The van der Waals surface area contributed by atoms with Gasteiger partial charge in [0.15, 0.2) is 5.96 Å². The third-order valence-corrected chi connectivity index (χ3v) is 5.32. The van der Waals surface area contributed by atoms with E-state index in [1.165, 1.54) is 20.0 Å². The van der Waals surface area contributed by atoms with Crippen molar-refractivity contribution < 1.29 is 9.53 Å². The maximum atomic E-state index is 11.9. The number of nitrogens with zero attached hydrogens (tertiary/aromatic N) is 4. The molecule has 2 saturated heterocycles. The molecule has 2 atom stereocenters. The Labute approximate surface area is 155 Å². The highest BCUT2D eigenvalue weighted by atomic mass is 16.5. The predicted molar refractivity (Wildman–Crippen MR) is 102 cm³/mol. The largest absolute Gasteiger partial charge is 0.469 e. The zero-order valence-corrected chi connectivity index (χ0v) is 15.9. The third kappa shape index (κ3) is 4.08. The van der Waals surface area contributed by atoms with E-state index in [1.54, 1.807) is 7.05 Å². The molecule has 1 aromatic heterocycles. The van der Waals surface area contributed by atoms with E-state index in [0.29, 0.717) is 13.1 Å². The Kier molecular flexibility index (Phi) is 5.96. The van der Waals surface area contributed by atoms with Gasteiger partial charge in [-0.25, -0.2) is 4.98 Å². The molecule has 2 unspecified atom stereocenters. The van der Waals surface area contributed by atoms with Gasteiger partial charge in [-0.15, -0.1) is 0 Å². The van der Waals surface area contributed by atoms with Crippen LogP contribution in [0.2, 0.25) is 0 Å². The second kappa shape index (κ2) is 8.38. The molecule has 1 N–H and O–H groups in total. The lowest BCUT2D eigenvalue weighted by molar-refractivity contribution is -0.145. The molecule has 142 valence electrons. The fourth-order valence-electron chi connectivity index (χ4n) is 3.77. The molecule has 2 aliphatic heterocycles. The molecule has 26 heavy (non-hydrogen) atoms. The maximum absolute atomic E-state index is 11.9. The zero-order valence-electron chi connectivity index (χ0n) is 15.9. The Morgan fingerprint density at radius 2 is 2.12 bits per heavy atom. The highest BCUT2D eigenvalue weighted by molar-refractivity contribution is 5.82. The average molecular weight is 359 g/mol. The predicted octanol–water partition coefficient (Wildman–Crippen LogP) is 1.50. The van der Waals surface area contributed by atoms with E-state index in [0.717, 1.165) is 37.0 Å². The Balaban J connectivity index is 1.55. The van der Waals surface area contributed by atoms with Gasteiger partial charge in [0.25, 0.3) is 0 Å². The van der Waals surface area contributed by atoms with Crippen molar-refractivity contribution in [2.75, 3.05) is 45.2 Å². The molecule has 2 fully saturated rings. The Hall–Kier alpha value is -2.31. The minimum absolute atomic E-state index is 0.0973. The summed E-state index contributed by atoms with van der Waals surface area (Å²) in [7, 11) is 3.22. The number of aliphatic imine (C=N–C) groups is 1. The summed E-state index contributed by atoms with van der Waals surface area (Å²) < 4.78 is 4.91. The van der Waals surface area contributed by atoms with Gasteiger partial charge in [0, 0.05) is 46.0 Å². The molecule has 3 heterocycles. The summed E-state index contributed by atoms with van der Waals surface area (Å²) in [5.74, 6) is 1.89. The molecule has 0 aromatic carbocycles. The van der Waals surface area contributed by atoms with Gasteiger partial charge in [-0.1, -0.05) is 13.0 Å². The van der Waals surface area contributed by atoms with Crippen LogP contribution >= 0.6 is 0 Å². The standard InChI is InChI=1S/C19H29N5O2/c1-14-12-24(13-16(14)18(25)26-3)19(20-2)22-11-15-6-7-17(21-10-15)23-8-4-5-9-23/h6-7,10,14,16H,4-5,8-9,11-13H2,1-3H3,(H,20,22). The van der Waals surface area contributed by atoms with Crippen LogP contribution < -0.4 is 10.2 Å². The quantitative estimate of drug-likeness (QED) is 0.499. The molecule has 0 spiro atoms. The molecule has 0 aliphatic carbocycles. The fourth-order valence-corrected chi connectivity index (χ4v) is 3.77. The van der Waals surface area contributed by atoms with Crippen molar-refractivity contribution >= 4 is 17.7 Å². The van der Waals surface area contributed by atoms with Crippen molar-refractivity contribution in [1.82, 2.24) is 15.2 Å². The molecular formula is C19H29N5O2. The van der Waals surface area contributed by atoms with Crippen molar-refractivity contribution in [2.45, 2.75) is 26.3 Å². The lowest BCUT2D eigenvalue weighted by Crippen LogP contribution is -2.40. The molecule has 7 heteroatoms. The number of aromatic nitrogens is 1. The van der Waals surface area contributed by atoms with Gasteiger partial charge in [-0.2, -0.15) is 0 Å². The lowest BCUT2D eigenvalue weighted by atomic mass is 9.99.